The summed E-state index contributed by atoms with van der Waals surface area (Å²) in [6, 6.07) is 14.3. The lowest BCUT2D eigenvalue weighted by Gasteiger charge is -2.18. The Bertz CT molecular complexity index is 546. The summed E-state index contributed by atoms with van der Waals surface area (Å²) in [6.45, 7) is 2.06. The van der Waals surface area contributed by atoms with E-state index in [4.69, 9.17) is 23.2 Å². The summed E-state index contributed by atoms with van der Waals surface area (Å²) in [6.07, 6.45) is 0.886. The third kappa shape index (κ3) is 3.97. The number of hydrogen-bond donors (Lipinski definition) is 1. The van der Waals surface area contributed by atoms with E-state index >= 15 is 0 Å². The van der Waals surface area contributed by atoms with Gasteiger partial charge in [0.15, 0.2) is 0 Å². The van der Waals surface area contributed by atoms with Gasteiger partial charge in [-0.15, -0.1) is 0 Å². The molecule has 0 saturated heterocycles. The first-order chi connectivity index (χ1) is 9.08. The van der Waals surface area contributed by atoms with E-state index in [0.717, 1.165) is 16.5 Å². The van der Waals surface area contributed by atoms with Gasteiger partial charge in [-0.25, -0.2) is 0 Å². The summed E-state index contributed by atoms with van der Waals surface area (Å²) in [5, 5.41) is 4.89. The molecule has 2 aromatic rings. The van der Waals surface area contributed by atoms with Crippen molar-refractivity contribution in [1.82, 2.24) is 5.32 Å². The predicted octanol–water partition coefficient (Wildman–Crippen LogP) is 4.81. The highest BCUT2D eigenvalue weighted by Gasteiger charge is 2.11. The second-order valence-corrected chi connectivity index (χ2v) is 5.61. The SMILES string of the molecule is CNC(Cc1cccc(Cl)c1)c1cc(C)cc(Cl)c1. The van der Waals surface area contributed by atoms with E-state index in [1.165, 1.54) is 16.7 Å². The van der Waals surface area contributed by atoms with Crippen molar-refractivity contribution in [2.45, 2.75) is 19.4 Å². The zero-order valence-electron chi connectivity index (χ0n) is 11.1. The van der Waals surface area contributed by atoms with Gasteiger partial charge in [-0.05, 0) is 61.3 Å². The molecule has 0 aliphatic rings. The molecule has 1 unspecified atom stereocenters. The van der Waals surface area contributed by atoms with Crippen LogP contribution in [0.5, 0.6) is 0 Å². The van der Waals surface area contributed by atoms with Gasteiger partial charge in [0.05, 0.1) is 0 Å². The number of hydrogen-bond acceptors (Lipinski definition) is 1. The molecular weight excluding hydrogens is 277 g/mol. The van der Waals surface area contributed by atoms with Gasteiger partial charge in [0.25, 0.3) is 0 Å². The van der Waals surface area contributed by atoms with E-state index in [9.17, 15) is 0 Å². The molecule has 2 aromatic carbocycles. The summed E-state index contributed by atoms with van der Waals surface area (Å²) >= 11 is 12.2. The lowest BCUT2D eigenvalue weighted by Crippen LogP contribution is -2.19. The lowest BCUT2D eigenvalue weighted by molar-refractivity contribution is 0.592. The molecule has 0 aromatic heterocycles. The first kappa shape index (κ1) is 14.4. The van der Waals surface area contributed by atoms with Crippen LogP contribution in [0.4, 0.5) is 0 Å². The van der Waals surface area contributed by atoms with Crippen LogP contribution in [0.15, 0.2) is 42.5 Å². The molecule has 0 fully saturated rings. The molecule has 0 spiro atoms. The second-order valence-electron chi connectivity index (χ2n) is 4.74. The van der Waals surface area contributed by atoms with E-state index in [-0.39, 0.29) is 6.04 Å². The summed E-state index contributed by atoms with van der Waals surface area (Å²) in [5.74, 6) is 0. The number of rotatable bonds is 4. The Morgan fingerprint density at radius 3 is 2.47 bits per heavy atom. The van der Waals surface area contributed by atoms with Gasteiger partial charge in [-0.1, -0.05) is 41.4 Å². The summed E-state index contributed by atoms with van der Waals surface area (Å²) < 4.78 is 0. The van der Waals surface area contributed by atoms with Gasteiger partial charge < -0.3 is 5.32 Å². The van der Waals surface area contributed by atoms with Gasteiger partial charge in [0.1, 0.15) is 0 Å². The molecule has 0 aliphatic heterocycles. The molecule has 0 amide bonds. The Morgan fingerprint density at radius 2 is 1.84 bits per heavy atom. The van der Waals surface area contributed by atoms with Gasteiger partial charge >= 0.3 is 0 Å². The fourth-order valence-corrected chi connectivity index (χ4v) is 2.76. The quantitative estimate of drug-likeness (QED) is 0.853. The van der Waals surface area contributed by atoms with Gasteiger partial charge in [-0.3, -0.25) is 0 Å². The molecule has 100 valence electrons. The van der Waals surface area contributed by atoms with Crippen LogP contribution in [0.2, 0.25) is 10.0 Å². The molecule has 2 rings (SSSR count). The van der Waals surface area contributed by atoms with E-state index < -0.39 is 0 Å². The smallest absolute Gasteiger partial charge is 0.0411 e. The van der Waals surface area contributed by atoms with E-state index in [0.29, 0.717) is 0 Å². The minimum atomic E-state index is 0.232. The predicted molar refractivity (Wildman–Crippen MR) is 83.1 cm³/mol. The van der Waals surface area contributed by atoms with Crippen LogP contribution in [0, 0.1) is 6.92 Å². The van der Waals surface area contributed by atoms with Crippen molar-refractivity contribution in [3.8, 4) is 0 Å². The standard InChI is InChI=1S/C16H17Cl2N/c1-11-6-13(10-15(18)7-11)16(19-2)9-12-4-3-5-14(17)8-12/h3-8,10,16,19H,9H2,1-2H3. The van der Waals surface area contributed by atoms with Gasteiger partial charge in [-0.2, -0.15) is 0 Å². The molecule has 3 heteroatoms. The van der Waals surface area contributed by atoms with Crippen LogP contribution < -0.4 is 5.32 Å². The topological polar surface area (TPSA) is 12.0 Å². The molecule has 0 radical (unpaired) electrons. The zero-order chi connectivity index (χ0) is 13.8. The number of halogens is 2. The van der Waals surface area contributed by atoms with Gasteiger partial charge in [0.2, 0.25) is 0 Å². The van der Waals surface area contributed by atoms with E-state index in [1.54, 1.807) is 0 Å². The van der Waals surface area contributed by atoms with Crippen LogP contribution in [0.25, 0.3) is 0 Å². The minimum absolute atomic E-state index is 0.232. The number of benzene rings is 2. The van der Waals surface area contributed by atoms with Crippen molar-refractivity contribution in [1.29, 1.82) is 0 Å². The first-order valence-corrected chi connectivity index (χ1v) is 7.03. The van der Waals surface area contributed by atoms with Crippen molar-refractivity contribution in [2.75, 3.05) is 7.05 Å². The zero-order valence-corrected chi connectivity index (χ0v) is 12.6. The van der Waals surface area contributed by atoms with E-state index in [2.05, 4.69) is 24.4 Å². The molecule has 0 saturated carbocycles. The average Bonchev–Trinajstić information content (AvgIpc) is 2.34. The molecule has 19 heavy (non-hydrogen) atoms. The summed E-state index contributed by atoms with van der Waals surface area (Å²) in [4.78, 5) is 0. The third-order valence-corrected chi connectivity index (χ3v) is 3.60. The molecule has 0 aliphatic carbocycles. The Balaban J connectivity index is 2.24. The maximum absolute atomic E-state index is 6.13. The van der Waals surface area contributed by atoms with Crippen LogP contribution in [-0.4, -0.2) is 7.05 Å². The monoisotopic (exact) mass is 293 g/mol. The van der Waals surface area contributed by atoms with Crippen LogP contribution in [0.3, 0.4) is 0 Å². The first-order valence-electron chi connectivity index (χ1n) is 6.27. The summed E-state index contributed by atoms with van der Waals surface area (Å²) in [5.41, 5.74) is 3.59. The Morgan fingerprint density at radius 1 is 1.05 bits per heavy atom. The highest BCUT2D eigenvalue weighted by molar-refractivity contribution is 6.31. The van der Waals surface area contributed by atoms with Crippen molar-refractivity contribution < 1.29 is 0 Å². The van der Waals surface area contributed by atoms with Crippen molar-refractivity contribution in [3.63, 3.8) is 0 Å². The molecule has 1 N–H and O–H groups in total. The maximum Gasteiger partial charge on any atom is 0.0411 e. The molecular formula is C16H17Cl2N. The fourth-order valence-electron chi connectivity index (χ4n) is 2.25. The van der Waals surface area contributed by atoms with Crippen molar-refractivity contribution in [3.05, 3.63) is 69.2 Å². The van der Waals surface area contributed by atoms with Crippen molar-refractivity contribution in [2.24, 2.45) is 0 Å². The van der Waals surface area contributed by atoms with Crippen molar-refractivity contribution >= 4 is 23.2 Å². The number of aryl methyl sites for hydroxylation is 1. The van der Waals surface area contributed by atoms with E-state index in [1.807, 2.05) is 37.4 Å². The lowest BCUT2D eigenvalue weighted by atomic mass is 9.98. The van der Waals surface area contributed by atoms with Crippen LogP contribution >= 0.6 is 23.2 Å². The molecule has 0 heterocycles. The molecule has 1 nitrogen and oxygen atoms in total. The second kappa shape index (κ2) is 6.42. The maximum atomic E-state index is 6.13. The Labute approximate surface area is 124 Å². The average molecular weight is 294 g/mol. The van der Waals surface area contributed by atoms with Gasteiger partial charge in [0, 0.05) is 16.1 Å². The highest BCUT2D eigenvalue weighted by atomic mass is 35.5. The highest BCUT2D eigenvalue weighted by Crippen LogP contribution is 2.24. The minimum Gasteiger partial charge on any atom is -0.313 e. The Kier molecular flexibility index (Phi) is 4.87. The Hall–Kier alpha value is -1.02. The molecule has 0 bridgehead atoms. The van der Waals surface area contributed by atoms with Crippen LogP contribution in [0.1, 0.15) is 22.7 Å². The summed E-state index contributed by atoms with van der Waals surface area (Å²) in [7, 11) is 1.96. The largest absolute Gasteiger partial charge is 0.313 e. The normalized spacial score (nSPS) is 12.4. The van der Waals surface area contributed by atoms with Crippen LogP contribution in [-0.2, 0) is 6.42 Å². The number of likely N-dealkylation sites (N-methyl/N-ethyl adjacent to an activating group) is 1. The third-order valence-electron chi connectivity index (χ3n) is 3.14. The molecule has 1 atom stereocenters. The fraction of sp³-hybridized carbons (Fsp3) is 0.250. The number of nitrogens with one attached hydrogen (secondary N) is 1.